The van der Waals surface area contributed by atoms with Crippen LogP contribution in [-0.2, 0) is 20.7 Å². The molecule has 0 N–H and O–H groups in total. The van der Waals surface area contributed by atoms with Gasteiger partial charge in [-0.2, -0.15) is 0 Å². The number of ether oxygens (including phenoxy) is 2. The van der Waals surface area contributed by atoms with Crippen molar-refractivity contribution in [2.24, 2.45) is 0 Å². The summed E-state index contributed by atoms with van der Waals surface area (Å²) in [5.41, 5.74) is 0.551. The minimum Gasteiger partial charge on any atom is -0.365 e. The first-order valence-corrected chi connectivity index (χ1v) is 8.87. The molecule has 24 heavy (non-hydrogen) atoms. The fourth-order valence-corrected chi connectivity index (χ4v) is 3.18. The number of halogens is 2. The minimum atomic E-state index is -0.668. The first kappa shape index (κ1) is 17.5. The molecule has 0 unspecified atom stereocenters. The van der Waals surface area contributed by atoms with Gasteiger partial charge in [-0.25, -0.2) is 9.97 Å². The standard InChI is InChI=1S/C18H16Br2N2O2/c1-23-17(13-3-5-15(19)21-11-13)7-9-18(24-2,10-8-17)14-4-6-16(20)22-12-14/h3-12H,1-2H3. The lowest BCUT2D eigenvalue weighted by Crippen LogP contribution is -2.33. The second-order valence-electron chi connectivity index (χ2n) is 5.40. The van der Waals surface area contributed by atoms with Gasteiger partial charge in [-0.1, -0.05) is 12.1 Å². The second-order valence-corrected chi connectivity index (χ2v) is 7.03. The van der Waals surface area contributed by atoms with Crippen LogP contribution >= 0.6 is 31.9 Å². The predicted octanol–water partition coefficient (Wildman–Crippen LogP) is 4.51. The van der Waals surface area contributed by atoms with E-state index in [0.717, 1.165) is 20.3 Å². The van der Waals surface area contributed by atoms with Crippen LogP contribution in [0.1, 0.15) is 11.1 Å². The molecule has 0 spiro atoms. The molecule has 0 atom stereocenters. The van der Waals surface area contributed by atoms with E-state index in [1.807, 2.05) is 48.6 Å². The van der Waals surface area contributed by atoms with Gasteiger partial charge in [0, 0.05) is 37.7 Å². The number of hydrogen-bond donors (Lipinski definition) is 0. The van der Waals surface area contributed by atoms with Crippen LogP contribution in [0.2, 0.25) is 0 Å². The van der Waals surface area contributed by atoms with Crippen molar-refractivity contribution in [2.75, 3.05) is 14.2 Å². The smallest absolute Gasteiger partial charge is 0.131 e. The molecule has 0 amide bonds. The number of pyridine rings is 2. The maximum Gasteiger partial charge on any atom is 0.131 e. The van der Waals surface area contributed by atoms with Crippen LogP contribution in [0.5, 0.6) is 0 Å². The molecule has 124 valence electrons. The third-order valence-electron chi connectivity index (χ3n) is 4.19. The number of rotatable bonds is 4. The quantitative estimate of drug-likeness (QED) is 0.506. The Morgan fingerprint density at radius 1 is 0.708 bits per heavy atom. The van der Waals surface area contributed by atoms with Crippen LogP contribution < -0.4 is 0 Å². The molecule has 0 bridgehead atoms. The summed E-state index contributed by atoms with van der Waals surface area (Å²) >= 11 is 6.71. The molecule has 2 aromatic heterocycles. The molecule has 0 aromatic carbocycles. The molecule has 1 aliphatic rings. The van der Waals surface area contributed by atoms with Crippen molar-refractivity contribution >= 4 is 31.9 Å². The Kier molecular flexibility index (Phi) is 5.01. The van der Waals surface area contributed by atoms with E-state index < -0.39 is 11.2 Å². The number of hydrogen-bond acceptors (Lipinski definition) is 4. The van der Waals surface area contributed by atoms with E-state index in [0.29, 0.717) is 0 Å². The van der Waals surface area contributed by atoms with Crippen LogP contribution in [0.15, 0.2) is 70.2 Å². The molecule has 0 fully saturated rings. The fourth-order valence-electron chi connectivity index (χ4n) is 2.71. The van der Waals surface area contributed by atoms with E-state index in [4.69, 9.17) is 9.47 Å². The summed E-state index contributed by atoms with van der Waals surface area (Å²) < 4.78 is 13.2. The Morgan fingerprint density at radius 2 is 1.08 bits per heavy atom. The van der Waals surface area contributed by atoms with Gasteiger partial charge in [0.05, 0.1) is 0 Å². The van der Waals surface area contributed by atoms with Crippen molar-refractivity contribution in [2.45, 2.75) is 11.2 Å². The molecule has 1 aliphatic carbocycles. The van der Waals surface area contributed by atoms with E-state index >= 15 is 0 Å². The zero-order valence-electron chi connectivity index (χ0n) is 13.2. The average molecular weight is 452 g/mol. The van der Waals surface area contributed by atoms with Crippen molar-refractivity contribution in [3.8, 4) is 0 Å². The molecule has 2 heterocycles. The highest BCUT2D eigenvalue weighted by atomic mass is 79.9. The SMILES string of the molecule is COC1(c2ccc(Br)nc2)C=CC(OC)(c2ccc(Br)nc2)C=C1. The lowest BCUT2D eigenvalue weighted by atomic mass is 9.82. The molecule has 3 rings (SSSR count). The second kappa shape index (κ2) is 6.88. The lowest BCUT2D eigenvalue weighted by molar-refractivity contribution is 0.0418. The molecule has 4 nitrogen and oxygen atoms in total. The lowest BCUT2D eigenvalue weighted by Gasteiger charge is -2.35. The van der Waals surface area contributed by atoms with Crippen LogP contribution in [0.3, 0.4) is 0 Å². The summed E-state index contributed by atoms with van der Waals surface area (Å²) in [7, 11) is 3.36. The monoisotopic (exact) mass is 450 g/mol. The Balaban J connectivity index is 2.00. The highest BCUT2D eigenvalue weighted by Gasteiger charge is 2.36. The fraction of sp³-hybridized carbons (Fsp3) is 0.222. The topological polar surface area (TPSA) is 44.2 Å². The highest BCUT2D eigenvalue weighted by molar-refractivity contribution is 9.10. The van der Waals surface area contributed by atoms with Crippen molar-refractivity contribution < 1.29 is 9.47 Å². The van der Waals surface area contributed by atoms with E-state index in [2.05, 4.69) is 41.8 Å². The Morgan fingerprint density at radius 3 is 1.33 bits per heavy atom. The average Bonchev–Trinajstić information content (AvgIpc) is 2.63. The summed E-state index contributed by atoms with van der Waals surface area (Å²) in [5, 5.41) is 0. The van der Waals surface area contributed by atoms with Gasteiger partial charge in [0.15, 0.2) is 0 Å². The Hall–Kier alpha value is -1.34. The van der Waals surface area contributed by atoms with Gasteiger partial charge in [-0.3, -0.25) is 0 Å². The molecule has 0 aliphatic heterocycles. The predicted molar refractivity (Wildman–Crippen MR) is 99.5 cm³/mol. The third kappa shape index (κ3) is 3.11. The number of methoxy groups -OCH3 is 2. The van der Waals surface area contributed by atoms with Gasteiger partial charge in [0.25, 0.3) is 0 Å². The number of aromatic nitrogens is 2. The Bertz CT molecular complexity index is 691. The minimum absolute atomic E-state index is 0.668. The van der Waals surface area contributed by atoms with Crippen LogP contribution in [0.4, 0.5) is 0 Å². The maximum absolute atomic E-state index is 5.79. The maximum atomic E-state index is 5.79. The van der Waals surface area contributed by atoms with Gasteiger partial charge < -0.3 is 9.47 Å². The highest BCUT2D eigenvalue weighted by Crippen LogP contribution is 2.39. The van der Waals surface area contributed by atoms with Gasteiger partial charge in [-0.05, 0) is 68.3 Å². The zero-order chi connectivity index (χ0) is 17.2. The van der Waals surface area contributed by atoms with Gasteiger partial charge >= 0.3 is 0 Å². The van der Waals surface area contributed by atoms with Crippen molar-refractivity contribution in [3.63, 3.8) is 0 Å². The first-order chi connectivity index (χ1) is 11.5. The normalized spacial score (nSPS) is 25.8. The summed E-state index contributed by atoms with van der Waals surface area (Å²) in [6.07, 6.45) is 11.5. The molecule has 2 aromatic rings. The van der Waals surface area contributed by atoms with Crippen molar-refractivity contribution in [1.29, 1.82) is 0 Å². The summed E-state index contributed by atoms with van der Waals surface area (Å²) in [6.45, 7) is 0. The molecule has 6 heteroatoms. The number of nitrogens with zero attached hydrogens (tertiary/aromatic N) is 2. The first-order valence-electron chi connectivity index (χ1n) is 7.29. The summed E-state index contributed by atoms with van der Waals surface area (Å²) in [4.78, 5) is 8.59. The Labute approximate surface area is 157 Å². The summed E-state index contributed by atoms with van der Waals surface area (Å²) in [6, 6.07) is 7.76. The van der Waals surface area contributed by atoms with Crippen molar-refractivity contribution in [3.05, 3.63) is 81.3 Å². The van der Waals surface area contributed by atoms with Crippen LogP contribution in [0.25, 0.3) is 0 Å². The van der Waals surface area contributed by atoms with E-state index in [1.165, 1.54) is 0 Å². The van der Waals surface area contributed by atoms with E-state index in [1.54, 1.807) is 26.6 Å². The molecular weight excluding hydrogens is 436 g/mol. The largest absolute Gasteiger partial charge is 0.365 e. The van der Waals surface area contributed by atoms with Gasteiger partial charge in [-0.15, -0.1) is 0 Å². The molecule has 0 saturated heterocycles. The molecular formula is C18H16Br2N2O2. The van der Waals surface area contributed by atoms with E-state index in [-0.39, 0.29) is 0 Å². The molecule has 0 saturated carbocycles. The van der Waals surface area contributed by atoms with Crippen LogP contribution in [0, 0.1) is 0 Å². The van der Waals surface area contributed by atoms with Gasteiger partial charge in [0.1, 0.15) is 20.4 Å². The zero-order valence-corrected chi connectivity index (χ0v) is 16.4. The summed E-state index contributed by atoms with van der Waals surface area (Å²) in [5.74, 6) is 0. The molecule has 0 radical (unpaired) electrons. The van der Waals surface area contributed by atoms with Crippen LogP contribution in [-0.4, -0.2) is 24.2 Å². The van der Waals surface area contributed by atoms with Crippen molar-refractivity contribution in [1.82, 2.24) is 9.97 Å². The van der Waals surface area contributed by atoms with Gasteiger partial charge in [0.2, 0.25) is 0 Å². The van der Waals surface area contributed by atoms with E-state index in [9.17, 15) is 0 Å². The third-order valence-corrected chi connectivity index (χ3v) is 5.13.